The summed E-state index contributed by atoms with van der Waals surface area (Å²) >= 11 is 0. The molecule has 0 bridgehead atoms. The summed E-state index contributed by atoms with van der Waals surface area (Å²) in [6.45, 7) is 4.04. The number of aliphatic hydroxyl groups is 1. The lowest BCUT2D eigenvalue weighted by Gasteiger charge is -2.32. The van der Waals surface area contributed by atoms with E-state index in [1.165, 1.54) is 5.57 Å². The van der Waals surface area contributed by atoms with Crippen molar-refractivity contribution in [3.63, 3.8) is 0 Å². The van der Waals surface area contributed by atoms with Gasteiger partial charge in [-0.1, -0.05) is 11.6 Å². The summed E-state index contributed by atoms with van der Waals surface area (Å²) in [4.78, 5) is 0. The fraction of sp³-hybridized carbons (Fsp3) is 0.800. The van der Waals surface area contributed by atoms with Crippen molar-refractivity contribution >= 4 is 0 Å². The third kappa shape index (κ3) is 2.61. The van der Waals surface area contributed by atoms with E-state index in [1.54, 1.807) is 0 Å². The zero-order chi connectivity index (χ0) is 9.19. The topological polar surface area (TPSA) is 46.2 Å². The molecule has 0 spiro atoms. The second-order valence-electron chi connectivity index (χ2n) is 4.16. The smallest absolute Gasteiger partial charge is 0.0831 e. The Labute approximate surface area is 74.5 Å². The van der Waals surface area contributed by atoms with Crippen molar-refractivity contribution in [1.29, 1.82) is 0 Å². The number of rotatable bonds is 1. The molecule has 0 radical (unpaired) electrons. The lowest BCUT2D eigenvalue weighted by molar-refractivity contribution is 0.0454. The normalized spacial score (nSPS) is 36.2. The second kappa shape index (κ2) is 3.58. The highest BCUT2D eigenvalue weighted by Gasteiger charge is 2.29. The van der Waals surface area contributed by atoms with Gasteiger partial charge in [0.1, 0.15) is 0 Å². The Morgan fingerprint density at radius 3 is 2.33 bits per heavy atom. The van der Waals surface area contributed by atoms with Crippen LogP contribution in [0, 0.1) is 0 Å². The van der Waals surface area contributed by atoms with Crippen LogP contribution in [0.1, 0.15) is 39.5 Å². The molecular formula is C10H19NO. The van der Waals surface area contributed by atoms with E-state index in [0.29, 0.717) is 6.04 Å². The Morgan fingerprint density at radius 2 is 1.92 bits per heavy atom. The molecule has 0 atom stereocenters. The number of nitrogens with two attached hydrogens (primary N) is 1. The van der Waals surface area contributed by atoms with Crippen LogP contribution in [-0.4, -0.2) is 16.7 Å². The van der Waals surface area contributed by atoms with Crippen LogP contribution in [0.25, 0.3) is 0 Å². The van der Waals surface area contributed by atoms with Crippen LogP contribution >= 0.6 is 0 Å². The Hall–Kier alpha value is -0.340. The Morgan fingerprint density at radius 1 is 1.42 bits per heavy atom. The Kier molecular flexibility index (Phi) is 2.91. The average molecular weight is 169 g/mol. The molecular weight excluding hydrogens is 150 g/mol. The van der Waals surface area contributed by atoms with Crippen LogP contribution < -0.4 is 5.73 Å². The van der Waals surface area contributed by atoms with Gasteiger partial charge in [-0.3, -0.25) is 0 Å². The highest BCUT2D eigenvalue weighted by molar-refractivity contribution is 5.08. The standard InChI is InChI=1S/C10H19NO/c1-8(2)7-10(12)5-3-9(11)4-6-10/h7,9,12H,3-6,11H2,1-2H3. The van der Waals surface area contributed by atoms with Gasteiger partial charge in [-0.05, 0) is 39.5 Å². The van der Waals surface area contributed by atoms with Crippen molar-refractivity contribution in [1.82, 2.24) is 0 Å². The van der Waals surface area contributed by atoms with Crippen LogP contribution in [0.15, 0.2) is 11.6 Å². The molecule has 0 aromatic heterocycles. The maximum Gasteiger partial charge on any atom is 0.0831 e. The molecule has 0 aromatic rings. The fourth-order valence-corrected chi connectivity index (χ4v) is 1.82. The number of allylic oxidation sites excluding steroid dienone is 1. The number of hydrogen-bond donors (Lipinski definition) is 2. The van der Waals surface area contributed by atoms with E-state index in [-0.39, 0.29) is 0 Å². The van der Waals surface area contributed by atoms with Gasteiger partial charge in [0.15, 0.2) is 0 Å². The van der Waals surface area contributed by atoms with Gasteiger partial charge >= 0.3 is 0 Å². The molecule has 3 N–H and O–H groups in total. The van der Waals surface area contributed by atoms with Crippen molar-refractivity contribution in [3.8, 4) is 0 Å². The molecule has 2 heteroatoms. The average Bonchev–Trinajstić information content (AvgIpc) is 1.94. The first-order valence-electron chi connectivity index (χ1n) is 4.66. The highest BCUT2D eigenvalue weighted by Crippen LogP contribution is 2.29. The van der Waals surface area contributed by atoms with Crippen molar-refractivity contribution < 1.29 is 5.11 Å². The lowest BCUT2D eigenvalue weighted by Crippen LogP contribution is -2.37. The first-order chi connectivity index (χ1) is 5.52. The molecule has 0 aliphatic heterocycles. The summed E-state index contributed by atoms with van der Waals surface area (Å²) in [6.07, 6.45) is 5.50. The minimum Gasteiger partial charge on any atom is -0.386 e. The molecule has 1 aliphatic rings. The maximum atomic E-state index is 10.0. The summed E-state index contributed by atoms with van der Waals surface area (Å²) in [7, 11) is 0. The summed E-state index contributed by atoms with van der Waals surface area (Å²) in [5.74, 6) is 0. The van der Waals surface area contributed by atoms with Crippen LogP contribution in [0.4, 0.5) is 0 Å². The molecule has 1 aliphatic carbocycles. The van der Waals surface area contributed by atoms with Gasteiger partial charge in [-0.2, -0.15) is 0 Å². The van der Waals surface area contributed by atoms with Gasteiger partial charge < -0.3 is 10.8 Å². The van der Waals surface area contributed by atoms with Gasteiger partial charge in [0.05, 0.1) is 5.60 Å². The van der Waals surface area contributed by atoms with E-state index in [0.717, 1.165) is 25.7 Å². The summed E-state index contributed by atoms with van der Waals surface area (Å²) in [5, 5.41) is 10.0. The maximum absolute atomic E-state index is 10.0. The van der Waals surface area contributed by atoms with E-state index in [4.69, 9.17) is 5.73 Å². The quantitative estimate of drug-likeness (QED) is 0.585. The monoisotopic (exact) mass is 169 g/mol. The molecule has 0 amide bonds. The van der Waals surface area contributed by atoms with Crippen molar-refractivity contribution in [2.45, 2.75) is 51.2 Å². The molecule has 1 rings (SSSR count). The van der Waals surface area contributed by atoms with Gasteiger partial charge in [0, 0.05) is 6.04 Å². The predicted octanol–water partition coefficient (Wildman–Crippen LogP) is 1.58. The fourth-order valence-electron chi connectivity index (χ4n) is 1.82. The van der Waals surface area contributed by atoms with E-state index >= 15 is 0 Å². The van der Waals surface area contributed by atoms with Crippen LogP contribution in [0.3, 0.4) is 0 Å². The lowest BCUT2D eigenvalue weighted by atomic mass is 9.81. The minimum atomic E-state index is -0.561. The summed E-state index contributed by atoms with van der Waals surface area (Å²) < 4.78 is 0. The first kappa shape index (κ1) is 9.75. The van der Waals surface area contributed by atoms with E-state index in [2.05, 4.69) is 0 Å². The molecule has 12 heavy (non-hydrogen) atoms. The van der Waals surface area contributed by atoms with Crippen molar-refractivity contribution in [2.24, 2.45) is 5.73 Å². The second-order valence-corrected chi connectivity index (χ2v) is 4.16. The van der Waals surface area contributed by atoms with Crippen LogP contribution in [-0.2, 0) is 0 Å². The molecule has 70 valence electrons. The van der Waals surface area contributed by atoms with Crippen molar-refractivity contribution in [2.75, 3.05) is 0 Å². The highest BCUT2D eigenvalue weighted by atomic mass is 16.3. The van der Waals surface area contributed by atoms with Crippen molar-refractivity contribution in [3.05, 3.63) is 11.6 Å². The zero-order valence-corrected chi connectivity index (χ0v) is 8.01. The van der Waals surface area contributed by atoms with Gasteiger partial charge in [0.25, 0.3) is 0 Å². The van der Waals surface area contributed by atoms with Gasteiger partial charge in [-0.25, -0.2) is 0 Å². The third-order valence-electron chi connectivity index (χ3n) is 2.45. The van der Waals surface area contributed by atoms with Crippen LogP contribution in [0.2, 0.25) is 0 Å². The summed E-state index contributed by atoms with van der Waals surface area (Å²) in [6, 6.07) is 0.302. The third-order valence-corrected chi connectivity index (χ3v) is 2.45. The largest absolute Gasteiger partial charge is 0.386 e. The Bertz CT molecular complexity index is 174. The molecule has 2 nitrogen and oxygen atoms in total. The van der Waals surface area contributed by atoms with E-state index in [1.807, 2.05) is 19.9 Å². The van der Waals surface area contributed by atoms with Gasteiger partial charge in [0.2, 0.25) is 0 Å². The SMILES string of the molecule is CC(C)=CC1(O)CCC(N)CC1. The minimum absolute atomic E-state index is 0.302. The molecule has 0 saturated heterocycles. The molecule has 1 fully saturated rings. The first-order valence-corrected chi connectivity index (χ1v) is 4.66. The molecule has 0 aromatic carbocycles. The van der Waals surface area contributed by atoms with Crippen LogP contribution in [0.5, 0.6) is 0 Å². The van der Waals surface area contributed by atoms with E-state index in [9.17, 15) is 5.11 Å². The zero-order valence-electron chi connectivity index (χ0n) is 8.01. The Balaban J connectivity index is 2.56. The molecule has 0 unspecified atom stereocenters. The van der Waals surface area contributed by atoms with Gasteiger partial charge in [-0.15, -0.1) is 0 Å². The summed E-state index contributed by atoms with van der Waals surface area (Å²) in [5.41, 5.74) is 6.38. The molecule has 0 heterocycles. The molecule has 1 saturated carbocycles. The number of hydrogen-bond acceptors (Lipinski definition) is 2. The van der Waals surface area contributed by atoms with E-state index < -0.39 is 5.60 Å². The predicted molar refractivity (Wildman–Crippen MR) is 50.8 cm³/mol.